The fourth-order valence-electron chi connectivity index (χ4n) is 3.13. The van der Waals surface area contributed by atoms with E-state index in [1.807, 2.05) is 0 Å². The average molecular weight is 411 g/mol. The number of nitrogens with one attached hydrogen (secondary N) is 1. The van der Waals surface area contributed by atoms with Crippen LogP contribution in [0.2, 0.25) is 0 Å². The number of carboxylic acid groups (broad SMARTS) is 1. The van der Waals surface area contributed by atoms with Gasteiger partial charge in [-0.25, -0.2) is 9.78 Å². The number of aromatic amines is 1. The molecule has 0 saturated heterocycles. The van der Waals surface area contributed by atoms with Crippen LogP contribution in [-0.2, 0) is 0 Å². The van der Waals surface area contributed by atoms with E-state index in [-0.39, 0.29) is 17.0 Å². The highest BCUT2D eigenvalue weighted by atomic mass is 19.3. The van der Waals surface area contributed by atoms with Crippen LogP contribution in [0.4, 0.5) is 8.78 Å². The van der Waals surface area contributed by atoms with Crippen molar-refractivity contribution in [2.75, 3.05) is 7.11 Å². The number of hydrogen-bond acceptors (Lipinski definition) is 5. The summed E-state index contributed by atoms with van der Waals surface area (Å²) in [4.78, 5) is 16.4. The number of pyridine rings is 1. The van der Waals surface area contributed by atoms with Crippen LogP contribution < -0.4 is 9.47 Å². The second-order valence-electron chi connectivity index (χ2n) is 6.29. The SMILES string of the molecule is COc1cccc(-c2[nH]nc3nc(-c4ccc(OC(F)F)cc4)cc(C(=O)O)c23)c1. The molecule has 0 aliphatic rings. The summed E-state index contributed by atoms with van der Waals surface area (Å²) in [5.74, 6) is -0.539. The van der Waals surface area contributed by atoms with Crippen molar-refractivity contribution in [1.29, 1.82) is 0 Å². The lowest BCUT2D eigenvalue weighted by Gasteiger charge is -2.08. The summed E-state index contributed by atoms with van der Waals surface area (Å²) in [5, 5.41) is 17.2. The topological polar surface area (TPSA) is 97.3 Å². The molecule has 0 bridgehead atoms. The van der Waals surface area contributed by atoms with Crippen molar-refractivity contribution in [3.8, 4) is 34.0 Å². The molecule has 0 aliphatic carbocycles. The number of aromatic nitrogens is 3. The van der Waals surface area contributed by atoms with Crippen LogP contribution in [0, 0.1) is 0 Å². The molecule has 0 fully saturated rings. The Hall–Kier alpha value is -4.01. The zero-order chi connectivity index (χ0) is 21.3. The molecule has 0 radical (unpaired) electrons. The maximum atomic E-state index is 12.3. The molecular formula is C21H15F2N3O4. The number of ether oxygens (including phenoxy) is 2. The molecular weight excluding hydrogens is 396 g/mol. The summed E-state index contributed by atoms with van der Waals surface area (Å²) in [6.45, 7) is -2.93. The summed E-state index contributed by atoms with van der Waals surface area (Å²) in [6, 6.07) is 14.3. The maximum absolute atomic E-state index is 12.3. The van der Waals surface area contributed by atoms with Gasteiger partial charge in [-0.15, -0.1) is 0 Å². The van der Waals surface area contributed by atoms with E-state index in [9.17, 15) is 18.7 Å². The number of nitrogens with zero attached hydrogens (tertiary/aromatic N) is 2. The molecule has 0 unspecified atom stereocenters. The standard InChI is InChI=1S/C21H15F2N3O4/c1-29-14-4-2-3-12(9-14)18-17-15(20(27)28)10-16(24-19(17)26-25-18)11-5-7-13(8-6-11)30-21(22)23/h2-10,21H,1H3,(H,27,28)(H,24,25,26). The molecule has 0 atom stereocenters. The summed E-state index contributed by atoms with van der Waals surface area (Å²) in [5.41, 5.74) is 2.30. The van der Waals surface area contributed by atoms with Gasteiger partial charge in [0.05, 0.1) is 29.4 Å². The largest absolute Gasteiger partial charge is 0.497 e. The molecule has 2 aromatic carbocycles. The van der Waals surface area contributed by atoms with Gasteiger partial charge in [0.15, 0.2) is 5.65 Å². The average Bonchev–Trinajstić information content (AvgIpc) is 3.17. The Morgan fingerprint density at radius 2 is 1.83 bits per heavy atom. The van der Waals surface area contributed by atoms with Crippen molar-refractivity contribution in [2.45, 2.75) is 6.61 Å². The van der Waals surface area contributed by atoms with E-state index in [0.717, 1.165) is 0 Å². The summed E-state index contributed by atoms with van der Waals surface area (Å²) < 4.78 is 34.2. The van der Waals surface area contributed by atoms with E-state index in [2.05, 4.69) is 19.9 Å². The number of carboxylic acids is 1. The van der Waals surface area contributed by atoms with E-state index in [1.165, 1.54) is 37.4 Å². The number of alkyl halides is 2. The monoisotopic (exact) mass is 411 g/mol. The molecule has 2 aromatic heterocycles. The third kappa shape index (κ3) is 3.64. The zero-order valence-corrected chi connectivity index (χ0v) is 15.6. The van der Waals surface area contributed by atoms with E-state index < -0.39 is 12.6 Å². The molecule has 0 amide bonds. The van der Waals surface area contributed by atoms with Gasteiger partial charge in [-0.2, -0.15) is 13.9 Å². The molecule has 4 aromatic rings. The van der Waals surface area contributed by atoms with Crippen molar-refractivity contribution >= 4 is 17.0 Å². The number of halogens is 2. The quantitative estimate of drug-likeness (QED) is 0.481. The number of carbonyl (C=O) groups is 1. The Morgan fingerprint density at radius 1 is 1.07 bits per heavy atom. The molecule has 4 rings (SSSR count). The third-order valence-corrected chi connectivity index (χ3v) is 4.49. The molecule has 2 N–H and O–H groups in total. The van der Waals surface area contributed by atoms with Crippen LogP contribution in [0.5, 0.6) is 11.5 Å². The minimum atomic E-state index is -2.93. The highest BCUT2D eigenvalue weighted by Crippen LogP contribution is 2.33. The van der Waals surface area contributed by atoms with Crippen molar-refractivity contribution in [2.24, 2.45) is 0 Å². The van der Waals surface area contributed by atoms with Gasteiger partial charge in [0, 0.05) is 11.1 Å². The zero-order valence-electron chi connectivity index (χ0n) is 15.6. The number of rotatable bonds is 6. The van der Waals surface area contributed by atoms with Crippen LogP contribution in [0.1, 0.15) is 10.4 Å². The van der Waals surface area contributed by atoms with Crippen LogP contribution in [0.15, 0.2) is 54.6 Å². The lowest BCUT2D eigenvalue weighted by Crippen LogP contribution is -2.02. The smallest absolute Gasteiger partial charge is 0.387 e. The van der Waals surface area contributed by atoms with E-state index in [4.69, 9.17) is 4.74 Å². The first kappa shape index (κ1) is 19.3. The number of methoxy groups -OCH3 is 1. The van der Waals surface area contributed by atoms with Gasteiger partial charge in [0.2, 0.25) is 0 Å². The summed E-state index contributed by atoms with van der Waals surface area (Å²) in [6.07, 6.45) is 0. The van der Waals surface area contributed by atoms with Crippen LogP contribution in [0.3, 0.4) is 0 Å². The highest BCUT2D eigenvalue weighted by molar-refractivity contribution is 6.08. The molecule has 0 spiro atoms. The van der Waals surface area contributed by atoms with Gasteiger partial charge >= 0.3 is 12.6 Å². The second kappa shape index (κ2) is 7.78. The Bertz CT molecular complexity index is 1220. The minimum absolute atomic E-state index is 0.00614. The first-order chi connectivity index (χ1) is 14.5. The van der Waals surface area contributed by atoms with Crippen molar-refractivity contribution in [1.82, 2.24) is 15.2 Å². The Balaban J connectivity index is 1.82. The summed E-state index contributed by atoms with van der Waals surface area (Å²) >= 11 is 0. The predicted molar refractivity (Wildman–Crippen MR) is 105 cm³/mol. The third-order valence-electron chi connectivity index (χ3n) is 4.49. The fraction of sp³-hybridized carbons (Fsp3) is 0.0952. The van der Waals surface area contributed by atoms with Crippen LogP contribution in [0.25, 0.3) is 33.5 Å². The number of fused-ring (bicyclic) bond motifs is 1. The lowest BCUT2D eigenvalue weighted by atomic mass is 10.0. The van der Waals surface area contributed by atoms with Gasteiger partial charge in [-0.3, -0.25) is 5.10 Å². The summed E-state index contributed by atoms with van der Waals surface area (Å²) in [7, 11) is 1.54. The molecule has 2 heterocycles. The Morgan fingerprint density at radius 3 is 2.50 bits per heavy atom. The Labute approximate surface area is 168 Å². The number of H-pyrrole nitrogens is 1. The van der Waals surface area contributed by atoms with Crippen molar-refractivity contribution < 1.29 is 28.2 Å². The van der Waals surface area contributed by atoms with Crippen molar-refractivity contribution in [3.05, 3.63) is 60.2 Å². The molecule has 0 saturated carbocycles. The van der Waals surface area contributed by atoms with Gasteiger partial charge in [0.25, 0.3) is 0 Å². The van der Waals surface area contributed by atoms with E-state index >= 15 is 0 Å². The van der Waals surface area contributed by atoms with Crippen molar-refractivity contribution in [3.63, 3.8) is 0 Å². The fourth-order valence-corrected chi connectivity index (χ4v) is 3.13. The lowest BCUT2D eigenvalue weighted by molar-refractivity contribution is -0.0498. The minimum Gasteiger partial charge on any atom is -0.497 e. The first-order valence-electron chi connectivity index (χ1n) is 8.78. The molecule has 30 heavy (non-hydrogen) atoms. The van der Waals surface area contributed by atoms with Gasteiger partial charge < -0.3 is 14.6 Å². The van der Waals surface area contributed by atoms with E-state index in [1.54, 1.807) is 24.3 Å². The molecule has 7 nitrogen and oxygen atoms in total. The first-order valence-corrected chi connectivity index (χ1v) is 8.78. The number of aromatic carboxylic acids is 1. The number of hydrogen-bond donors (Lipinski definition) is 2. The molecule has 9 heteroatoms. The molecule has 152 valence electrons. The van der Waals surface area contributed by atoms with Gasteiger partial charge in [0.1, 0.15) is 11.5 Å². The van der Waals surface area contributed by atoms with Gasteiger partial charge in [-0.05, 0) is 42.5 Å². The predicted octanol–water partition coefficient (Wildman–Crippen LogP) is 4.60. The maximum Gasteiger partial charge on any atom is 0.387 e. The Kier molecular flexibility index (Phi) is 5.01. The highest BCUT2D eigenvalue weighted by Gasteiger charge is 2.20. The number of benzene rings is 2. The van der Waals surface area contributed by atoms with Gasteiger partial charge in [-0.1, -0.05) is 12.1 Å². The van der Waals surface area contributed by atoms with Crippen LogP contribution >= 0.6 is 0 Å². The van der Waals surface area contributed by atoms with E-state index in [0.29, 0.717) is 33.7 Å². The molecule has 0 aliphatic heterocycles. The van der Waals surface area contributed by atoms with Crippen LogP contribution in [-0.4, -0.2) is 40.0 Å². The normalized spacial score (nSPS) is 11.1. The second-order valence-corrected chi connectivity index (χ2v) is 6.29.